The summed E-state index contributed by atoms with van der Waals surface area (Å²) in [5.74, 6) is -0.911. The highest BCUT2D eigenvalue weighted by Gasteiger charge is 2.47. The predicted molar refractivity (Wildman–Crippen MR) is 141 cm³/mol. The van der Waals surface area contributed by atoms with Crippen molar-refractivity contribution in [2.75, 3.05) is 12.8 Å². The minimum atomic E-state index is -4.54. The largest absolute Gasteiger partial charge is 0.433 e. The lowest BCUT2D eigenvalue weighted by Gasteiger charge is -2.28. The topological polar surface area (TPSA) is 114 Å². The third kappa shape index (κ3) is 7.55. The van der Waals surface area contributed by atoms with Crippen molar-refractivity contribution in [3.63, 3.8) is 0 Å². The van der Waals surface area contributed by atoms with Crippen LogP contribution in [0.3, 0.4) is 0 Å². The molecule has 1 heterocycles. The lowest BCUT2D eigenvalue weighted by molar-refractivity contribution is -0.211. The number of sulfone groups is 1. The van der Waals surface area contributed by atoms with Crippen LogP contribution in [0.4, 0.5) is 22.0 Å². The van der Waals surface area contributed by atoms with E-state index in [1.54, 1.807) is 6.92 Å². The molecule has 1 aromatic heterocycles. The second-order valence-electron chi connectivity index (χ2n) is 10.9. The molecule has 226 valence electrons. The van der Waals surface area contributed by atoms with Gasteiger partial charge >= 0.3 is 12.8 Å². The predicted octanol–water partition coefficient (Wildman–Crippen LogP) is 5.37. The monoisotopic (exact) mass is 604 g/mol. The van der Waals surface area contributed by atoms with Crippen LogP contribution in [0.25, 0.3) is 5.69 Å². The van der Waals surface area contributed by atoms with E-state index in [9.17, 15) is 40.4 Å². The molecule has 0 unspecified atom stereocenters. The number of nitrogens with one attached hydrogen (secondary N) is 1. The Morgan fingerprint density at radius 3 is 2.37 bits per heavy atom. The van der Waals surface area contributed by atoms with E-state index in [-0.39, 0.29) is 47.3 Å². The van der Waals surface area contributed by atoms with Gasteiger partial charge in [0.05, 0.1) is 16.4 Å². The Morgan fingerprint density at radius 1 is 1.22 bits per heavy atom. The summed E-state index contributed by atoms with van der Waals surface area (Å²) >= 11 is 0. The van der Waals surface area contributed by atoms with Crippen LogP contribution in [0.15, 0.2) is 18.2 Å². The molecule has 1 aliphatic carbocycles. The number of benzene rings is 1. The van der Waals surface area contributed by atoms with Crippen LogP contribution < -0.4 is 10.1 Å². The van der Waals surface area contributed by atoms with E-state index in [0.717, 1.165) is 19.9 Å². The Hall–Kier alpha value is -3.21. The fourth-order valence-corrected chi connectivity index (χ4v) is 6.09. The molecule has 0 spiro atoms. The standard InChI is InChI=1S/C27H33F5N4O4S/c1-5-22-35-23(24(37)34-15-16-6-9-18(10-7-16)41(4,38)39)20(14-33)36(22)19-11-8-17(12-21(19)40-25(28)29)13-26(2,3)27(30,31)32/h8,11-12,16,18,25H,5-7,9-10,13,15H2,1-4H3,(H,34,37). The Balaban J connectivity index is 1.91. The third-order valence-electron chi connectivity index (χ3n) is 7.43. The number of ether oxygens (including phenoxy) is 1. The van der Waals surface area contributed by atoms with Crippen LogP contribution in [-0.2, 0) is 22.7 Å². The average Bonchev–Trinajstić information content (AvgIpc) is 3.24. The minimum absolute atomic E-state index is 0.0368. The minimum Gasteiger partial charge on any atom is -0.433 e. The van der Waals surface area contributed by atoms with Crippen molar-refractivity contribution in [2.45, 2.75) is 77.3 Å². The van der Waals surface area contributed by atoms with Gasteiger partial charge in [-0.25, -0.2) is 13.4 Å². The lowest BCUT2D eigenvalue weighted by Crippen LogP contribution is -2.34. The number of halogens is 5. The van der Waals surface area contributed by atoms with Crippen molar-refractivity contribution >= 4 is 15.7 Å². The maximum Gasteiger partial charge on any atom is 0.394 e. The molecule has 0 atom stereocenters. The second kappa shape index (κ2) is 12.3. The Kier molecular flexibility index (Phi) is 9.73. The molecule has 1 aliphatic rings. The van der Waals surface area contributed by atoms with Gasteiger partial charge < -0.3 is 10.1 Å². The summed E-state index contributed by atoms with van der Waals surface area (Å²) < 4.78 is 96.4. The summed E-state index contributed by atoms with van der Waals surface area (Å²) in [7, 11) is -3.14. The molecule has 14 heteroatoms. The maximum absolute atomic E-state index is 13.4. The number of hydrogen-bond acceptors (Lipinski definition) is 6. The van der Waals surface area contributed by atoms with Gasteiger partial charge in [-0.2, -0.15) is 27.2 Å². The fourth-order valence-electron chi connectivity index (χ4n) is 4.96. The molecule has 2 aromatic rings. The van der Waals surface area contributed by atoms with Gasteiger partial charge in [-0.15, -0.1) is 0 Å². The molecule has 1 amide bonds. The van der Waals surface area contributed by atoms with Gasteiger partial charge in [0.2, 0.25) is 0 Å². The molecule has 0 aliphatic heterocycles. The van der Waals surface area contributed by atoms with Gasteiger partial charge in [-0.3, -0.25) is 9.36 Å². The van der Waals surface area contributed by atoms with Crippen LogP contribution in [0.5, 0.6) is 5.75 Å². The van der Waals surface area contributed by atoms with Crippen LogP contribution in [0.1, 0.15) is 74.0 Å². The molecule has 3 rings (SSSR count). The molecule has 1 fully saturated rings. The van der Waals surface area contributed by atoms with E-state index in [1.807, 2.05) is 6.07 Å². The molecule has 41 heavy (non-hydrogen) atoms. The number of aryl methyl sites for hydroxylation is 1. The zero-order chi connectivity index (χ0) is 30.8. The molecule has 1 N–H and O–H groups in total. The second-order valence-corrected chi connectivity index (χ2v) is 13.3. The van der Waals surface area contributed by atoms with Crippen molar-refractivity contribution in [2.24, 2.45) is 11.3 Å². The number of amides is 1. The smallest absolute Gasteiger partial charge is 0.394 e. The number of carbonyl (C=O) groups excluding carboxylic acids is 1. The highest BCUT2D eigenvalue weighted by atomic mass is 32.2. The highest BCUT2D eigenvalue weighted by molar-refractivity contribution is 7.91. The number of aromatic nitrogens is 2. The van der Waals surface area contributed by atoms with E-state index in [4.69, 9.17) is 0 Å². The van der Waals surface area contributed by atoms with E-state index < -0.39 is 51.4 Å². The summed E-state index contributed by atoms with van der Waals surface area (Å²) in [5, 5.41) is 12.3. The van der Waals surface area contributed by atoms with Crippen molar-refractivity contribution in [3.8, 4) is 17.5 Å². The molecule has 8 nitrogen and oxygen atoms in total. The molecular formula is C27H33F5N4O4S. The number of hydrogen-bond donors (Lipinski definition) is 1. The van der Waals surface area contributed by atoms with E-state index >= 15 is 0 Å². The fraction of sp³-hybridized carbons (Fsp3) is 0.593. The summed E-state index contributed by atoms with van der Waals surface area (Å²) in [4.78, 5) is 17.4. The van der Waals surface area contributed by atoms with Crippen molar-refractivity contribution in [1.82, 2.24) is 14.9 Å². The highest BCUT2D eigenvalue weighted by Crippen LogP contribution is 2.41. The van der Waals surface area contributed by atoms with Gasteiger partial charge in [-0.1, -0.05) is 26.8 Å². The van der Waals surface area contributed by atoms with Crippen molar-refractivity contribution in [3.05, 3.63) is 41.0 Å². The van der Waals surface area contributed by atoms with Gasteiger partial charge in [0.25, 0.3) is 5.91 Å². The van der Waals surface area contributed by atoms with E-state index in [2.05, 4.69) is 15.0 Å². The maximum atomic E-state index is 13.4. The van der Waals surface area contributed by atoms with Crippen LogP contribution in [0, 0.1) is 22.7 Å². The van der Waals surface area contributed by atoms with Crippen molar-refractivity contribution < 1.29 is 39.9 Å². The zero-order valence-corrected chi connectivity index (χ0v) is 24.0. The first kappa shape index (κ1) is 32.3. The number of alkyl halides is 5. The molecule has 1 saturated carbocycles. The lowest BCUT2D eigenvalue weighted by atomic mass is 9.85. The van der Waals surface area contributed by atoms with E-state index in [1.165, 1.54) is 23.0 Å². The van der Waals surface area contributed by atoms with Gasteiger partial charge in [0, 0.05) is 19.2 Å². The van der Waals surface area contributed by atoms with Crippen LogP contribution in [0.2, 0.25) is 0 Å². The number of carbonyl (C=O) groups is 1. The van der Waals surface area contributed by atoms with Gasteiger partial charge in [0.1, 0.15) is 27.5 Å². The third-order valence-corrected chi connectivity index (χ3v) is 9.11. The normalized spacial score (nSPS) is 18.3. The molecule has 0 saturated heterocycles. The van der Waals surface area contributed by atoms with Gasteiger partial charge in [-0.05, 0) is 55.7 Å². The van der Waals surface area contributed by atoms with Crippen LogP contribution >= 0.6 is 0 Å². The first-order valence-corrected chi connectivity index (χ1v) is 15.1. The number of rotatable bonds is 10. The number of nitrogens with zero attached hydrogens (tertiary/aromatic N) is 3. The molecule has 1 aromatic carbocycles. The van der Waals surface area contributed by atoms with E-state index in [0.29, 0.717) is 25.7 Å². The summed E-state index contributed by atoms with van der Waals surface area (Å²) in [6.07, 6.45) is -1.48. The number of nitriles is 1. The SMILES string of the molecule is CCc1nc(C(=O)NCC2CCC(S(C)(=O)=O)CC2)c(C#N)n1-c1ccc(CC(C)(C)C(F)(F)F)cc1OC(F)F. The molecule has 0 radical (unpaired) electrons. The quantitative estimate of drug-likeness (QED) is 0.365. The van der Waals surface area contributed by atoms with Crippen LogP contribution in [-0.4, -0.2) is 54.7 Å². The first-order chi connectivity index (χ1) is 19.0. The zero-order valence-electron chi connectivity index (χ0n) is 23.2. The molecular weight excluding hydrogens is 571 g/mol. The Bertz CT molecular complexity index is 1410. The summed E-state index contributed by atoms with van der Waals surface area (Å²) in [6.45, 7) is 0.596. The summed E-state index contributed by atoms with van der Waals surface area (Å²) in [6, 6.07) is 5.56. The summed E-state index contributed by atoms with van der Waals surface area (Å²) in [5.41, 5.74) is -2.61. The average molecular weight is 605 g/mol. The van der Waals surface area contributed by atoms with Crippen molar-refractivity contribution in [1.29, 1.82) is 5.26 Å². The Labute approximate surface area is 235 Å². The first-order valence-electron chi connectivity index (χ1n) is 13.1. The van der Waals surface area contributed by atoms with Gasteiger partial charge in [0.15, 0.2) is 11.4 Å². The Morgan fingerprint density at radius 2 is 1.85 bits per heavy atom. The molecule has 0 bridgehead atoms. The number of imidazole rings is 1.